The number of aromatic nitrogens is 2. The molecule has 17 heavy (non-hydrogen) atoms. The van der Waals surface area contributed by atoms with Gasteiger partial charge >= 0.3 is 0 Å². The first-order valence-electron chi connectivity index (χ1n) is 5.80. The second-order valence-corrected chi connectivity index (χ2v) is 4.93. The van der Waals surface area contributed by atoms with Crippen LogP contribution in [0.2, 0.25) is 5.02 Å². The van der Waals surface area contributed by atoms with E-state index in [1.807, 2.05) is 30.5 Å². The van der Waals surface area contributed by atoms with Crippen molar-refractivity contribution < 1.29 is 0 Å². The van der Waals surface area contributed by atoms with Crippen molar-refractivity contribution >= 4 is 11.6 Å². The van der Waals surface area contributed by atoms with Gasteiger partial charge in [0.05, 0.1) is 0 Å². The lowest BCUT2D eigenvalue weighted by Crippen LogP contribution is -2.31. The van der Waals surface area contributed by atoms with Gasteiger partial charge in [0.2, 0.25) is 0 Å². The molecule has 0 saturated heterocycles. The van der Waals surface area contributed by atoms with Gasteiger partial charge in [-0.3, -0.25) is 0 Å². The third kappa shape index (κ3) is 1.96. The summed E-state index contributed by atoms with van der Waals surface area (Å²) in [6.45, 7) is 0.844. The molecule has 2 N–H and O–H groups in total. The molecule has 0 aliphatic carbocycles. The Morgan fingerprint density at radius 1 is 1.41 bits per heavy atom. The van der Waals surface area contributed by atoms with E-state index >= 15 is 0 Å². The Hall–Kier alpha value is -1.32. The predicted molar refractivity (Wildman–Crippen MR) is 69.0 cm³/mol. The highest BCUT2D eigenvalue weighted by atomic mass is 35.5. The lowest BCUT2D eigenvalue weighted by Gasteiger charge is -2.22. The molecule has 1 aliphatic heterocycles. The molecule has 0 radical (unpaired) electrons. The van der Waals surface area contributed by atoms with Gasteiger partial charge in [-0.25, -0.2) is 4.98 Å². The lowest BCUT2D eigenvalue weighted by atomic mass is 10.1. The van der Waals surface area contributed by atoms with Gasteiger partial charge in [0.1, 0.15) is 5.82 Å². The minimum absolute atomic E-state index is 0.231. The summed E-state index contributed by atoms with van der Waals surface area (Å²) >= 11 is 6.01. The zero-order chi connectivity index (χ0) is 11.8. The van der Waals surface area contributed by atoms with Crippen LogP contribution in [0.3, 0.4) is 0 Å². The van der Waals surface area contributed by atoms with Crippen molar-refractivity contribution in [2.75, 3.05) is 0 Å². The molecule has 88 valence electrons. The van der Waals surface area contributed by atoms with Crippen molar-refractivity contribution in [1.29, 1.82) is 0 Å². The van der Waals surface area contributed by atoms with E-state index in [1.165, 1.54) is 5.69 Å². The first-order chi connectivity index (χ1) is 8.24. The van der Waals surface area contributed by atoms with Crippen LogP contribution in [0.5, 0.6) is 0 Å². The Kier molecular flexibility index (Phi) is 2.65. The van der Waals surface area contributed by atoms with E-state index in [0.29, 0.717) is 0 Å². The van der Waals surface area contributed by atoms with Gasteiger partial charge in [-0.15, -0.1) is 0 Å². The summed E-state index contributed by atoms with van der Waals surface area (Å²) in [6.07, 6.45) is 4.00. The second kappa shape index (κ2) is 4.17. The van der Waals surface area contributed by atoms with Crippen LogP contribution in [0.25, 0.3) is 11.4 Å². The van der Waals surface area contributed by atoms with Gasteiger partial charge in [-0.05, 0) is 25.0 Å². The number of hydrogen-bond donors (Lipinski definition) is 1. The lowest BCUT2D eigenvalue weighted by molar-refractivity contribution is 0.463. The van der Waals surface area contributed by atoms with E-state index in [9.17, 15) is 0 Å². The molecule has 3 rings (SSSR count). The maximum atomic E-state index is 6.01. The van der Waals surface area contributed by atoms with Gasteiger partial charge < -0.3 is 10.3 Å². The molecule has 4 heteroatoms. The zero-order valence-electron chi connectivity index (χ0n) is 9.44. The maximum absolute atomic E-state index is 6.01. The average molecular weight is 248 g/mol. The molecule has 0 amide bonds. The molecule has 1 atom stereocenters. The molecule has 2 aromatic rings. The molecule has 2 heterocycles. The first-order valence-corrected chi connectivity index (χ1v) is 6.18. The van der Waals surface area contributed by atoms with Crippen LogP contribution in [-0.4, -0.2) is 15.6 Å². The van der Waals surface area contributed by atoms with Crippen molar-refractivity contribution in [1.82, 2.24) is 9.55 Å². The van der Waals surface area contributed by atoms with E-state index < -0.39 is 0 Å². The summed E-state index contributed by atoms with van der Waals surface area (Å²) in [5, 5.41) is 0.736. The van der Waals surface area contributed by atoms with Crippen LogP contribution in [0.15, 0.2) is 30.5 Å². The van der Waals surface area contributed by atoms with E-state index in [1.54, 1.807) is 0 Å². The fraction of sp³-hybridized carbons (Fsp3) is 0.308. The van der Waals surface area contributed by atoms with Crippen LogP contribution >= 0.6 is 11.6 Å². The van der Waals surface area contributed by atoms with Crippen molar-refractivity contribution in [2.45, 2.75) is 25.4 Å². The minimum Gasteiger partial charge on any atom is -0.327 e. The Bertz CT molecular complexity index is 547. The number of nitrogens with two attached hydrogens (primary N) is 1. The molecule has 1 aromatic heterocycles. The summed E-state index contributed by atoms with van der Waals surface area (Å²) < 4.78 is 2.21. The number of benzene rings is 1. The summed E-state index contributed by atoms with van der Waals surface area (Å²) in [5.74, 6) is 0.970. The first kappa shape index (κ1) is 10.8. The minimum atomic E-state index is 0.231. The summed E-state index contributed by atoms with van der Waals surface area (Å²) in [5.41, 5.74) is 8.33. The van der Waals surface area contributed by atoms with Crippen LogP contribution in [0.1, 0.15) is 12.1 Å². The smallest absolute Gasteiger partial charge is 0.140 e. The van der Waals surface area contributed by atoms with Crippen LogP contribution in [0, 0.1) is 0 Å². The Labute approximate surface area is 105 Å². The number of aryl methyl sites for hydroxylation is 1. The highest BCUT2D eigenvalue weighted by Gasteiger charge is 2.19. The summed E-state index contributed by atoms with van der Waals surface area (Å²) in [4.78, 5) is 4.49. The average Bonchev–Trinajstić information content (AvgIpc) is 2.71. The highest BCUT2D eigenvalue weighted by molar-refractivity contribution is 6.30. The molecule has 1 aromatic carbocycles. The van der Waals surface area contributed by atoms with Crippen molar-refractivity contribution in [3.05, 3.63) is 41.2 Å². The molecule has 1 unspecified atom stereocenters. The van der Waals surface area contributed by atoms with Gasteiger partial charge in [-0.1, -0.05) is 23.7 Å². The fourth-order valence-electron chi connectivity index (χ4n) is 2.33. The molecule has 0 spiro atoms. The van der Waals surface area contributed by atoms with Crippen LogP contribution in [0.4, 0.5) is 0 Å². The molecule has 3 nitrogen and oxygen atoms in total. The number of fused-ring (bicyclic) bond motifs is 1. The molecule has 0 bridgehead atoms. The summed E-state index contributed by atoms with van der Waals surface area (Å²) in [6, 6.07) is 8.02. The Morgan fingerprint density at radius 2 is 2.29 bits per heavy atom. The number of nitrogens with zero attached hydrogens (tertiary/aromatic N) is 2. The van der Waals surface area contributed by atoms with Crippen LogP contribution in [-0.2, 0) is 13.0 Å². The SMILES string of the molecule is NC1CCc2cnc(-c3cccc(Cl)c3)n2C1. The molecule has 0 fully saturated rings. The number of imidazole rings is 1. The zero-order valence-corrected chi connectivity index (χ0v) is 10.2. The van der Waals surface area contributed by atoms with Gasteiger partial charge in [0, 0.05) is 35.1 Å². The standard InChI is InChI=1S/C13H14ClN3/c14-10-3-1-2-9(6-10)13-16-7-12-5-4-11(15)8-17(12)13/h1-3,6-7,11H,4-5,8,15H2. The van der Waals surface area contributed by atoms with Gasteiger partial charge in [-0.2, -0.15) is 0 Å². The summed E-state index contributed by atoms with van der Waals surface area (Å²) in [7, 11) is 0. The van der Waals surface area contributed by atoms with E-state index in [4.69, 9.17) is 17.3 Å². The largest absolute Gasteiger partial charge is 0.327 e. The van der Waals surface area contributed by atoms with Gasteiger partial charge in [0.15, 0.2) is 0 Å². The molecular formula is C13H14ClN3. The third-order valence-corrected chi connectivity index (χ3v) is 3.44. The topological polar surface area (TPSA) is 43.8 Å². The number of hydrogen-bond acceptors (Lipinski definition) is 2. The van der Waals surface area contributed by atoms with Gasteiger partial charge in [0.25, 0.3) is 0 Å². The van der Waals surface area contributed by atoms with Crippen molar-refractivity contribution in [2.24, 2.45) is 5.73 Å². The van der Waals surface area contributed by atoms with E-state index in [2.05, 4.69) is 9.55 Å². The maximum Gasteiger partial charge on any atom is 0.140 e. The monoisotopic (exact) mass is 247 g/mol. The van der Waals surface area contributed by atoms with E-state index in [0.717, 1.165) is 35.8 Å². The highest BCUT2D eigenvalue weighted by Crippen LogP contribution is 2.25. The molecule has 0 saturated carbocycles. The Morgan fingerprint density at radius 3 is 3.12 bits per heavy atom. The molecule has 1 aliphatic rings. The van der Waals surface area contributed by atoms with Crippen LogP contribution < -0.4 is 5.73 Å². The Balaban J connectivity index is 2.07. The van der Waals surface area contributed by atoms with E-state index in [-0.39, 0.29) is 6.04 Å². The number of halogens is 1. The van der Waals surface area contributed by atoms with Crippen molar-refractivity contribution in [3.8, 4) is 11.4 Å². The van der Waals surface area contributed by atoms with Crippen molar-refractivity contribution in [3.63, 3.8) is 0 Å². The normalized spacial score (nSPS) is 19.1. The number of rotatable bonds is 1. The third-order valence-electron chi connectivity index (χ3n) is 3.21. The predicted octanol–water partition coefficient (Wildman–Crippen LogP) is 2.48. The quantitative estimate of drug-likeness (QED) is 0.841. The second-order valence-electron chi connectivity index (χ2n) is 4.49. The fourth-order valence-corrected chi connectivity index (χ4v) is 2.52. The molecular weight excluding hydrogens is 234 g/mol.